The third kappa shape index (κ3) is 3.52. The highest BCUT2D eigenvalue weighted by molar-refractivity contribution is 7.03. The summed E-state index contributed by atoms with van der Waals surface area (Å²) in [5.74, 6) is 0.337. The van der Waals surface area contributed by atoms with Crippen molar-refractivity contribution in [3.8, 4) is 33.8 Å². The Bertz CT molecular complexity index is 2660. The lowest BCUT2D eigenvalue weighted by Gasteiger charge is -2.39. The molecule has 11 rings (SSSR count). The SMILES string of the molecule is CC(C)(C)c1ccc2c(c1)c1ccc3c4c1n2-c1ccccc1B4C1=C2C=CC=CC2Cc2c(-c4ccccc4)c(-c4ccccc4)n-3c21. The lowest BCUT2D eigenvalue weighted by molar-refractivity contribution is 0.591. The Kier molecular flexibility index (Phi) is 5.34. The molecule has 0 spiro atoms. The Labute approximate surface area is 287 Å². The van der Waals surface area contributed by atoms with Crippen LogP contribution in [0.4, 0.5) is 0 Å². The van der Waals surface area contributed by atoms with Crippen LogP contribution in [-0.4, -0.2) is 15.8 Å². The Morgan fingerprint density at radius 1 is 0.673 bits per heavy atom. The quantitative estimate of drug-likeness (QED) is 0.169. The van der Waals surface area contributed by atoms with Gasteiger partial charge in [-0.1, -0.05) is 136 Å². The van der Waals surface area contributed by atoms with Crippen LogP contribution in [0.5, 0.6) is 0 Å². The number of hydrogen-bond acceptors (Lipinski definition) is 0. The van der Waals surface area contributed by atoms with Gasteiger partial charge in [-0.25, -0.2) is 0 Å². The Morgan fingerprint density at radius 2 is 1.43 bits per heavy atom. The van der Waals surface area contributed by atoms with Crippen LogP contribution in [0.1, 0.15) is 37.6 Å². The standard InChI is InChI=1S/C46H35BN2/c1-46(2,3)31-22-24-37-34(27-31)33-23-25-39-42-44(33)48(37)38-21-13-12-20-36(38)47(42)41-32-19-11-10-18-30(32)26-35-40(28-14-6-4-7-15-28)43(49(39)45(35)41)29-16-8-5-9-17-29/h4-25,27,30H,26H2,1-3H3. The molecule has 0 bridgehead atoms. The van der Waals surface area contributed by atoms with Crippen molar-refractivity contribution >= 4 is 44.9 Å². The average Bonchev–Trinajstić information content (AvgIpc) is 3.66. The van der Waals surface area contributed by atoms with Crippen molar-refractivity contribution in [2.24, 2.45) is 5.92 Å². The summed E-state index contributed by atoms with van der Waals surface area (Å²) in [7, 11) is 0. The van der Waals surface area contributed by atoms with Crippen molar-refractivity contribution in [1.29, 1.82) is 0 Å². The summed E-state index contributed by atoms with van der Waals surface area (Å²) in [4.78, 5) is 0. The normalized spacial score (nSPS) is 16.7. The van der Waals surface area contributed by atoms with Crippen molar-refractivity contribution in [3.05, 3.63) is 162 Å². The van der Waals surface area contributed by atoms with Crippen molar-refractivity contribution in [2.75, 3.05) is 0 Å². The molecule has 0 fully saturated rings. The van der Waals surface area contributed by atoms with E-state index in [9.17, 15) is 0 Å². The molecular weight excluding hydrogens is 591 g/mol. The first-order chi connectivity index (χ1) is 24.0. The van der Waals surface area contributed by atoms with Gasteiger partial charge in [0.1, 0.15) is 0 Å². The second kappa shape index (κ2) is 9.54. The lowest BCUT2D eigenvalue weighted by atomic mass is 9.31. The van der Waals surface area contributed by atoms with Gasteiger partial charge >= 0.3 is 0 Å². The highest BCUT2D eigenvalue weighted by atomic mass is 15.0. The van der Waals surface area contributed by atoms with Gasteiger partial charge in [-0.15, -0.1) is 0 Å². The maximum Gasteiger partial charge on any atom is 0.252 e. The van der Waals surface area contributed by atoms with Gasteiger partial charge in [0, 0.05) is 39.3 Å². The van der Waals surface area contributed by atoms with E-state index in [0.29, 0.717) is 5.92 Å². The summed E-state index contributed by atoms with van der Waals surface area (Å²) in [6, 6.07) is 43.5. The second-order valence-electron chi connectivity index (χ2n) is 15.2. The lowest BCUT2D eigenvalue weighted by Crippen LogP contribution is -2.54. The zero-order valence-corrected chi connectivity index (χ0v) is 28.0. The summed E-state index contributed by atoms with van der Waals surface area (Å²) >= 11 is 0. The number of allylic oxidation sites excluding steroid dienone is 5. The van der Waals surface area contributed by atoms with E-state index in [2.05, 4.69) is 169 Å². The summed E-state index contributed by atoms with van der Waals surface area (Å²) < 4.78 is 5.25. The van der Waals surface area contributed by atoms with Gasteiger partial charge in [0.15, 0.2) is 0 Å². The molecule has 0 N–H and O–H groups in total. The number of fused-ring (bicyclic) bond motifs is 9. The minimum absolute atomic E-state index is 0.0662. The highest BCUT2D eigenvalue weighted by Gasteiger charge is 2.47. The zero-order valence-electron chi connectivity index (χ0n) is 28.0. The maximum absolute atomic E-state index is 2.67. The third-order valence-corrected chi connectivity index (χ3v) is 11.6. The molecular formula is C46H35BN2. The van der Waals surface area contributed by atoms with E-state index in [0.717, 1.165) is 6.42 Å². The predicted octanol–water partition coefficient (Wildman–Crippen LogP) is 9.73. The largest absolute Gasteiger partial charge is 0.310 e. The molecule has 4 aliphatic rings. The van der Waals surface area contributed by atoms with Crippen LogP contribution in [0.15, 0.2) is 145 Å². The molecule has 2 aromatic heterocycles. The van der Waals surface area contributed by atoms with Gasteiger partial charge < -0.3 is 9.13 Å². The van der Waals surface area contributed by atoms with E-state index in [1.807, 2.05) is 0 Å². The number of benzene rings is 5. The fourth-order valence-electron chi connectivity index (χ4n) is 9.55. The van der Waals surface area contributed by atoms with Gasteiger partial charge in [-0.05, 0) is 80.3 Å². The first-order valence-corrected chi connectivity index (χ1v) is 17.7. The van der Waals surface area contributed by atoms with Crippen molar-refractivity contribution in [3.63, 3.8) is 0 Å². The molecule has 0 saturated heterocycles. The Morgan fingerprint density at radius 3 is 2.22 bits per heavy atom. The van der Waals surface area contributed by atoms with E-state index < -0.39 is 0 Å². The average molecular weight is 627 g/mol. The summed E-state index contributed by atoms with van der Waals surface area (Å²) in [6.45, 7) is 7.09. The number of hydrogen-bond donors (Lipinski definition) is 0. The molecule has 2 aliphatic heterocycles. The fourth-order valence-corrected chi connectivity index (χ4v) is 9.55. The number of aromatic nitrogens is 2. The predicted molar refractivity (Wildman–Crippen MR) is 207 cm³/mol. The Balaban J connectivity index is 1.37. The summed E-state index contributed by atoms with van der Waals surface area (Å²) in [5, 5.41) is 2.68. The number of rotatable bonds is 2. The topological polar surface area (TPSA) is 9.86 Å². The van der Waals surface area contributed by atoms with E-state index >= 15 is 0 Å². The van der Waals surface area contributed by atoms with Crippen LogP contribution in [-0.2, 0) is 11.8 Å². The van der Waals surface area contributed by atoms with Gasteiger partial charge in [0.25, 0.3) is 6.71 Å². The van der Waals surface area contributed by atoms with Crippen molar-refractivity contribution in [1.82, 2.24) is 9.13 Å². The van der Waals surface area contributed by atoms with Crippen LogP contribution in [0.3, 0.4) is 0 Å². The van der Waals surface area contributed by atoms with Crippen molar-refractivity contribution < 1.29 is 0 Å². The fraction of sp³-hybridized carbons (Fsp3) is 0.130. The third-order valence-electron chi connectivity index (χ3n) is 11.6. The molecule has 49 heavy (non-hydrogen) atoms. The molecule has 0 saturated carbocycles. The van der Waals surface area contributed by atoms with Gasteiger partial charge in [-0.2, -0.15) is 0 Å². The van der Waals surface area contributed by atoms with Crippen LogP contribution >= 0.6 is 0 Å². The summed E-state index contributed by atoms with van der Waals surface area (Å²) in [5.41, 5.74) is 20.5. The first kappa shape index (κ1) is 27.4. The van der Waals surface area contributed by atoms with Crippen LogP contribution < -0.4 is 10.9 Å². The van der Waals surface area contributed by atoms with Crippen LogP contribution in [0.2, 0.25) is 0 Å². The van der Waals surface area contributed by atoms with Gasteiger partial charge in [-0.3, -0.25) is 0 Å². The van der Waals surface area contributed by atoms with E-state index in [-0.39, 0.29) is 12.1 Å². The van der Waals surface area contributed by atoms with Crippen LogP contribution in [0, 0.1) is 5.92 Å². The monoisotopic (exact) mass is 626 g/mol. The van der Waals surface area contributed by atoms with E-state index in [4.69, 9.17) is 0 Å². The van der Waals surface area contributed by atoms with E-state index in [1.165, 1.54) is 94.4 Å². The van der Waals surface area contributed by atoms with Crippen molar-refractivity contribution in [2.45, 2.75) is 32.6 Å². The highest BCUT2D eigenvalue weighted by Crippen LogP contribution is 2.52. The molecule has 3 heteroatoms. The zero-order chi connectivity index (χ0) is 32.6. The molecule has 2 aliphatic carbocycles. The molecule has 1 atom stereocenters. The molecule has 2 nitrogen and oxygen atoms in total. The maximum atomic E-state index is 2.67. The summed E-state index contributed by atoms with van der Waals surface area (Å²) in [6.07, 6.45) is 10.4. The van der Waals surface area contributed by atoms with Gasteiger partial charge in [0.05, 0.1) is 16.7 Å². The molecule has 7 aromatic rings. The molecule has 0 radical (unpaired) electrons. The molecule has 1 unspecified atom stereocenters. The number of para-hydroxylation sites is 1. The smallest absolute Gasteiger partial charge is 0.252 e. The number of nitrogens with zero attached hydrogens (tertiary/aromatic N) is 2. The second-order valence-corrected chi connectivity index (χ2v) is 15.2. The first-order valence-electron chi connectivity index (χ1n) is 17.7. The minimum Gasteiger partial charge on any atom is -0.310 e. The van der Waals surface area contributed by atoms with Crippen LogP contribution in [0.25, 0.3) is 61.0 Å². The molecule has 0 amide bonds. The minimum atomic E-state index is 0.0662. The molecule has 5 aromatic carbocycles. The molecule has 4 heterocycles. The van der Waals surface area contributed by atoms with Gasteiger partial charge in [0.2, 0.25) is 0 Å². The molecule has 232 valence electrons. The van der Waals surface area contributed by atoms with E-state index in [1.54, 1.807) is 0 Å². The Hall–Kier alpha value is -5.54.